The molecule has 3 aromatic rings. The molecule has 3 rings (SSSR count). The highest BCUT2D eigenvalue weighted by molar-refractivity contribution is 5.81. The highest BCUT2D eigenvalue weighted by Gasteiger charge is 1.99. The standard InChI is InChI=1S/C16H13N3/c1-2-7-15(8-3-1)19-11-5-9-16(19)13-18-14-6-4-10-17-12-14/h1-13H. The number of pyridine rings is 1. The van der Waals surface area contributed by atoms with Crippen LogP contribution >= 0.6 is 0 Å². The molecule has 3 heteroatoms. The average molecular weight is 247 g/mol. The van der Waals surface area contributed by atoms with Gasteiger partial charge in [-0.2, -0.15) is 0 Å². The predicted molar refractivity (Wildman–Crippen MR) is 77.3 cm³/mol. The molecule has 2 heterocycles. The van der Waals surface area contributed by atoms with Gasteiger partial charge in [0.2, 0.25) is 0 Å². The van der Waals surface area contributed by atoms with E-state index in [2.05, 4.69) is 26.7 Å². The molecule has 0 unspecified atom stereocenters. The zero-order valence-corrected chi connectivity index (χ0v) is 10.3. The van der Waals surface area contributed by atoms with Crippen molar-refractivity contribution in [2.75, 3.05) is 0 Å². The van der Waals surface area contributed by atoms with E-state index in [0.717, 1.165) is 17.1 Å². The molecular weight excluding hydrogens is 234 g/mol. The molecule has 0 aliphatic rings. The summed E-state index contributed by atoms with van der Waals surface area (Å²) in [7, 11) is 0. The van der Waals surface area contributed by atoms with Crippen molar-refractivity contribution in [1.29, 1.82) is 0 Å². The minimum atomic E-state index is 0.850. The Morgan fingerprint density at radius 2 is 1.84 bits per heavy atom. The first-order valence-electron chi connectivity index (χ1n) is 6.10. The Hall–Kier alpha value is -2.68. The van der Waals surface area contributed by atoms with Crippen molar-refractivity contribution in [3.05, 3.63) is 78.9 Å². The molecule has 0 spiro atoms. The highest BCUT2D eigenvalue weighted by Crippen LogP contribution is 2.13. The van der Waals surface area contributed by atoms with E-state index in [0.29, 0.717) is 0 Å². The summed E-state index contributed by atoms with van der Waals surface area (Å²) in [6.45, 7) is 0. The second-order valence-electron chi connectivity index (χ2n) is 4.11. The number of para-hydroxylation sites is 1. The molecule has 0 saturated heterocycles. The summed E-state index contributed by atoms with van der Waals surface area (Å²) in [5, 5.41) is 0. The molecule has 0 saturated carbocycles. The van der Waals surface area contributed by atoms with Crippen LogP contribution in [0.3, 0.4) is 0 Å². The summed E-state index contributed by atoms with van der Waals surface area (Å²) in [6, 6.07) is 18.1. The van der Waals surface area contributed by atoms with Crippen LogP contribution in [0.1, 0.15) is 5.69 Å². The van der Waals surface area contributed by atoms with Gasteiger partial charge in [-0.1, -0.05) is 18.2 Å². The number of benzene rings is 1. The number of rotatable bonds is 3. The van der Waals surface area contributed by atoms with Crippen LogP contribution < -0.4 is 0 Å². The van der Waals surface area contributed by atoms with Crippen molar-refractivity contribution < 1.29 is 0 Å². The monoisotopic (exact) mass is 247 g/mol. The minimum absolute atomic E-state index is 0.850. The van der Waals surface area contributed by atoms with Crippen LogP contribution in [-0.2, 0) is 0 Å². The first-order chi connectivity index (χ1) is 9.43. The smallest absolute Gasteiger partial charge is 0.0813 e. The molecule has 0 atom stereocenters. The lowest BCUT2D eigenvalue weighted by Gasteiger charge is -2.05. The van der Waals surface area contributed by atoms with Gasteiger partial charge in [0.25, 0.3) is 0 Å². The van der Waals surface area contributed by atoms with Crippen molar-refractivity contribution in [3.63, 3.8) is 0 Å². The normalized spacial score (nSPS) is 10.9. The molecule has 0 aliphatic carbocycles. The van der Waals surface area contributed by atoms with Gasteiger partial charge in [0, 0.05) is 18.1 Å². The number of nitrogens with zero attached hydrogens (tertiary/aromatic N) is 3. The van der Waals surface area contributed by atoms with Crippen LogP contribution in [0.4, 0.5) is 5.69 Å². The van der Waals surface area contributed by atoms with Gasteiger partial charge >= 0.3 is 0 Å². The molecule has 0 bridgehead atoms. The van der Waals surface area contributed by atoms with E-state index < -0.39 is 0 Å². The van der Waals surface area contributed by atoms with Crippen LogP contribution in [0, 0.1) is 0 Å². The van der Waals surface area contributed by atoms with Crippen LogP contribution in [-0.4, -0.2) is 15.8 Å². The fourth-order valence-corrected chi connectivity index (χ4v) is 1.89. The third kappa shape index (κ3) is 2.60. The Kier molecular flexibility index (Phi) is 3.19. The Labute approximate surface area is 111 Å². The van der Waals surface area contributed by atoms with E-state index in [4.69, 9.17) is 0 Å². The fraction of sp³-hybridized carbons (Fsp3) is 0. The first kappa shape index (κ1) is 11.4. The Morgan fingerprint density at radius 3 is 2.63 bits per heavy atom. The van der Waals surface area contributed by atoms with Gasteiger partial charge < -0.3 is 4.57 Å². The average Bonchev–Trinajstić information content (AvgIpc) is 2.95. The SMILES string of the molecule is C(=Nc1cccnc1)c1cccn1-c1ccccc1. The lowest BCUT2D eigenvalue weighted by molar-refractivity contribution is 1.07. The molecule has 0 radical (unpaired) electrons. The van der Waals surface area contributed by atoms with E-state index in [9.17, 15) is 0 Å². The van der Waals surface area contributed by atoms with Gasteiger partial charge in [-0.25, -0.2) is 0 Å². The van der Waals surface area contributed by atoms with E-state index in [-0.39, 0.29) is 0 Å². The minimum Gasteiger partial charge on any atom is -0.316 e. The Bertz CT molecular complexity index is 669. The summed E-state index contributed by atoms with van der Waals surface area (Å²) in [6.07, 6.45) is 7.36. The third-order valence-corrected chi connectivity index (χ3v) is 2.81. The first-order valence-corrected chi connectivity index (χ1v) is 6.10. The maximum absolute atomic E-state index is 4.43. The van der Waals surface area contributed by atoms with Gasteiger partial charge in [-0.05, 0) is 36.4 Å². The van der Waals surface area contributed by atoms with Crippen molar-refractivity contribution >= 4 is 11.9 Å². The summed E-state index contributed by atoms with van der Waals surface area (Å²) in [4.78, 5) is 8.47. The van der Waals surface area contributed by atoms with Gasteiger partial charge in [-0.3, -0.25) is 9.98 Å². The summed E-state index contributed by atoms with van der Waals surface area (Å²) < 4.78 is 2.10. The third-order valence-electron chi connectivity index (χ3n) is 2.81. The van der Waals surface area contributed by atoms with Gasteiger partial charge in [-0.15, -0.1) is 0 Å². The van der Waals surface area contributed by atoms with Crippen LogP contribution in [0.2, 0.25) is 0 Å². The maximum atomic E-state index is 4.43. The topological polar surface area (TPSA) is 30.2 Å². The van der Waals surface area contributed by atoms with Crippen LogP contribution in [0.15, 0.2) is 78.2 Å². The quantitative estimate of drug-likeness (QED) is 0.650. The second-order valence-corrected chi connectivity index (χ2v) is 4.11. The van der Waals surface area contributed by atoms with Gasteiger partial charge in [0.1, 0.15) is 0 Å². The molecule has 2 aromatic heterocycles. The largest absolute Gasteiger partial charge is 0.316 e. The van der Waals surface area contributed by atoms with Crippen molar-refractivity contribution in [3.8, 4) is 5.69 Å². The number of aliphatic imine (C=N–C) groups is 1. The second kappa shape index (κ2) is 5.31. The van der Waals surface area contributed by atoms with Crippen molar-refractivity contribution in [2.24, 2.45) is 4.99 Å². The molecule has 0 fully saturated rings. The molecule has 92 valence electrons. The Morgan fingerprint density at radius 1 is 0.947 bits per heavy atom. The van der Waals surface area contributed by atoms with E-state index >= 15 is 0 Å². The highest BCUT2D eigenvalue weighted by atomic mass is 15.0. The molecule has 3 nitrogen and oxygen atoms in total. The van der Waals surface area contributed by atoms with Gasteiger partial charge in [0.05, 0.1) is 23.8 Å². The summed E-state index contributed by atoms with van der Waals surface area (Å²) >= 11 is 0. The molecule has 1 aromatic carbocycles. The number of aromatic nitrogens is 2. The number of hydrogen-bond donors (Lipinski definition) is 0. The van der Waals surface area contributed by atoms with E-state index in [1.54, 1.807) is 12.4 Å². The maximum Gasteiger partial charge on any atom is 0.0813 e. The van der Waals surface area contributed by atoms with Gasteiger partial charge in [0.15, 0.2) is 0 Å². The summed E-state index contributed by atoms with van der Waals surface area (Å²) in [5.41, 5.74) is 3.01. The predicted octanol–water partition coefficient (Wildman–Crippen LogP) is 3.62. The summed E-state index contributed by atoms with van der Waals surface area (Å²) in [5.74, 6) is 0. The fourth-order valence-electron chi connectivity index (χ4n) is 1.89. The van der Waals surface area contributed by atoms with Crippen LogP contribution in [0.25, 0.3) is 5.69 Å². The zero-order valence-electron chi connectivity index (χ0n) is 10.3. The molecule has 19 heavy (non-hydrogen) atoms. The van der Waals surface area contributed by atoms with Crippen molar-refractivity contribution in [1.82, 2.24) is 9.55 Å². The lowest BCUT2D eigenvalue weighted by atomic mass is 10.3. The molecule has 0 N–H and O–H groups in total. The zero-order chi connectivity index (χ0) is 12.9. The lowest BCUT2D eigenvalue weighted by Crippen LogP contribution is -1.97. The van der Waals surface area contributed by atoms with E-state index in [1.807, 2.05) is 54.9 Å². The molecule has 0 aliphatic heterocycles. The number of hydrogen-bond acceptors (Lipinski definition) is 2. The molecule has 0 amide bonds. The van der Waals surface area contributed by atoms with E-state index in [1.165, 1.54) is 0 Å². The molecular formula is C16H13N3. The Balaban J connectivity index is 1.91. The van der Waals surface area contributed by atoms with Crippen LogP contribution in [0.5, 0.6) is 0 Å². The van der Waals surface area contributed by atoms with Crippen molar-refractivity contribution in [2.45, 2.75) is 0 Å².